The average molecular weight is 269 g/mol. The van der Waals surface area contributed by atoms with Gasteiger partial charge >= 0.3 is 0 Å². The van der Waals surface area contributed by atoms with E-state index in [1.165, 1.54) is 18.2 Å². The fraction of sp³-hybridized carbons (Fsp3) is 0.833. The molecule has 2 heterocycles. The van der Waals surface area contributed by atoms with Gasteiger partial charge in [-0.05, 0) is 32.2 Å². The highest BCUT2D eigenvalue weighted by Gasteiger charge is 2.39. The molecule has 2 N–H and O–H groups in total. The Morgan fingerprint density at radius 1 is 1.39 bits per heavy atom. The molecule has 3 aliphatic rings. The third-order valence-electron chi connectivity index (χ3n) is 3.82. The van der Waals surface area contributed by atoms with Crippen LogP contribution in [0.25, 0.3) is 0 Å². The van der Waals surface area contributed by atoms with Gasteiger partial charge in [-0.1, -0.05) is 11.8 Å². The molecule has 1 aliphatic carbocycles. The first kappa shape index (κ1) is 12.3. The van der Waals surface area contributed by atoms with Gasteiger partial charge in [-0.3, -0.25) is 9.59 Å². The minimum atomic E-state index is -0.301. The molecule has 100 valence electrons. The van der Waals surface area contributed by atoms with Crippen LogP contribution in [0, 0.1) is 0 Å². The minimum absolute atomic E-state index is 0.0666. The van der Waals surface area contributed by atoms with Crippen molar-refractivity contribution >= 4 is 22.9 Å². The zero-order valence-corrected chi connectivity index (χ0v) is 11.2. The monoisotopic (exact) mass is 269 g/mol. The second-order valence-corrected chi connectivity index (χ2v) is 6.30. The summed E-state index contributed by atoms with van der Waals surface area (Å²) in [4.78, 5) is 25.6. The number of thioether (sulfide) groups is 1. The smallest absolute Gasteiger partial charge is 0.279 e. The molecule has 18 heavy (non-hydrogen) atoms. The number of carbonyl (C=O) groups is 2. The van der Waals surface area contributed by atoms with E-state index in [0.29, 0.717) is 17.8 Å². The van der Waals surface area contributed by atoms with Gasteiger partial charge in [0.1, 0.15) is 6.04 Å². The van der Waals surface area contributed by atoms with Crippen LogP contribution >= 0.6 is 11.8 Å². The van der Waals surface area contributed by atoms with Gasteiger partial charge < -0.3 is 15.5 Å². The van der Waals surface area contributed by atoms with Crippen molar-refractivity contribution in [1.29, 1.82) is 0 Å². The van der Waals surface area contributed by atoms with E-state index in [-0.39, 0.29) is 17.2 Å². The Morgan fingerprint density at radius 2 is 2.22 bits per heavy atom. The molecule has 2 saturated heterocycles. The summed E-state index contributed by atoms with van der Waals surface area (Å²) in [5, 5.41) is 6.12. The van der Waals surface area contributed by atoms with Crippen LogP contribution in [0.2, 0.25) is 0 Å². The van der Waals surface area contributed by atoms with E-state index >= 15 is 0 Å². The summed E-state index contributed by atoms with van der Waals surface area (Å²) < 4.78 is 0. The molecule has 0 aromatic carbocycles. The number of nitrogens with zero attached hydrogens (tertiary/aromatic N) is 1. The predicted molar refractivity (Wildman–Crippen MR) is 70.5 cm³/mol. The molecular formula is C12H19N3O2S. The lowest BCUT2D eigenvalue weighted by molar-refractivity contribution is -0.133. The molecule has 0 aromatic rings. The van der Waals surface area contributed by atoms with Crippen molar-refractivity contribution in [3.05, 3.63) is 0 Å². The average Bonchev–Trinajstić information content (AvgIpc) is 2.88. The number of hydrogen-bond donors (Lipinski definition) is 2. The number of rotatable bonds is 4. The molecule has 0 radical (unpaired) electrons. The minimum Gasteiger partial charge on any atom is -0.336 e. The van der Waals surface area contributed by atoms with Crippen molar-refractivity contribution < 1.29 is 9.59 Å². The largest absolute Gasteiger partial charge is 0.336 e. The summed E-state index contributed by atoms with van der Waals surface area (Å²) in [5.74, 6) is 0.698. The number of amides is 2. The quantitative estimate of drug-likeness (QED) is 0.782. The summed E-state index contributed by atoms with van der Waals surface area (Å²) >= 11 is 1.21. The van der Waals surface area contributed by atoms with Crippen molar-refractivity contribution in [3.63, 3.8) is 0 Å². The summed E-state index contributed by atoms with van der Waals surface area (Å²) in [7, 11) is 0. The first-order valence-corrected chi connectivity index (χ1v) is 7.70. The van der Waals surface area contributed by atoms with Gasteiger partial charge in [0.2, 0.25) is 5.91 Å². The molecule has 1 saturated carbocycles. The Kier molecular flexibility index (Phi) is 3.48. The molecule has 2 aliphatic heterocycles. The lowest BCUT2D eigenvalue weighted by atomic mass is 10.2. The molecule has 2 atom stereocenters. The van der Waals surface area contributed by atoms with Gasteiger partial charge in [-0.15, -0.1) is 0 Å². The van der Waals surface area contributed by atoms with Crippen LogP contribution < -0.4 is 10.6 Å². The van der Waals surface area contributed by atoms with Crippen LogP contribution in [0.4, 0.5) is 4.79 Å². The summed E-state index contributed by atoms with van der Waals surface area (Å²) in [6.07, 6.45) is 4.59. The molecule has 0 aromatic heterocycles. The van der Waals surface area contributed by atoms with Crippen LogP contribution in [0.1, 0.15) is 25.7 Å². The molecule has 2 unspecified atom stereocenters. The maximum atomic E-state index is 12.4. The predicted octanol–water partition coefficient (Wildman–Crippen LogP) is 0.554. The van der Waals surface area contributed by atoms with Gasteiger partial charge in [0.05, 0.1) is 0 Å². The SMILES string of the molecule is O=C1NC(C(=O)N(CC2CCCN2)C2CC2)CS1. The van der Waals surface area contributed by atoms with E-state index < -0.39 is 0 Å². The van der Waals surface area contributed by atoms with E-state index in [1.54, 1.807) is 0 Å². The lowest BCUT2D eigenvalue weighted by Crippen LogP contribution is -2.50. The highest BCUT2D eigenvalue weighted by atomic mass is 32.2. The second-order valence-electron chi connectivity index (χ2n) is 5.31. The summed E-state index contributed by atoms with van der Waals surface area (Å²) in [5.41, 5.74) is 0. The van der Waals surface area contributed by atoms with Crippen molar-refractivity contribution in [1.82, 2.24) is 15.5 Å². The highest BCUT2D eigenvalue weighted by molar-refractivity contribution is 8.14. The Bertz CT molecular complexity index is 353. The fourth-order valence-electron chi connectivity index (χ4n) is 2.67. The Balaban J connectivity index is 1.61. The first-order valence-electron chi connectivity index (χ1n) is 6.71. The van der Waals surface area contributed by atoms with E-state index in [1.807, 2.05) is 4.90 Å². The molecule has 0 spiro atoms. The maximum absolute atomic E-state index is 12.4. The topological polar surface area (TPSA) is 61.4 Å². The van der Waals surface area contributed by atoms with Crippen molar-refractivity contribution in [2.75, 3.05) is 18.8 Å². The molecule has 6 heteroatoms. The Labute approximate surface area is 111 Å². The van der Waals surface area contributed by atoms with Crippen LogP contribution in [0.3, 0.4) is 0 Å². The zero-order chi connectivity index (χ0) is 12.5. The molecule has 5 nitrogen and oxygen atoms in total. The normalized spacial score (nSPS) is 31.4. The third-order valence-corrected chi connectivity index (χ3v) is 4.70. The molecule has 3 fully saturated rings. The number of hydrogen-bond acceptors (Lipinski definition) is 4. The van der Waals surface area contributed by atoms with Gasteiger partial charge in [-0.2, -0.15) is 0 Å². The van der Waals surface area contributed by atoms with Gasteiger partial charge in [0.15, 0.2) is 0 Å². The van der Waals surface area contributed by atoms with E-state index in [9.17, 15) is 9.59 Å². The van der Waals surface area contributed by atoms with Crippen molar-refractivity contribution in [2.24, 2.45) is 0 Å². The lowest BCUT2D eigenvalue weighted by Gasteiger charge is -2.28. The Morgan fingerprint density at radius 3 is 2.78 bits per heavy atom. The first-order chi connectivity index (χ1) is 8.74. The van der Waals surface area contributed by atoms with Crippen LogP contribution in [0.5, 0.6) is 0 Å². The van der Waals surface area contributed by atoms with Crippen molar-refractivity contribution in [3.8, 4) is 0 Å². The molecular weight excluding hydrogens is 250 g/mol. The van der Waals surface area contributed by atoms with Crippen LogP contribution in [-0.2, 0) is 4.79 Å². The molecule has 3 rings (SSSR count). The van der Waals surface area contributed by atoms with Crippen LogP contribution in [0.15, 0.2) is 0 Å². The number of nitrogens with one attached hydrogen (secondary N) is 2. The zero-order valence-electron chi connectivity index (χ0n) is 10.4. The van der Waals surface area contributed by atoms with Crippen molar-refractivity contribution in [2.45, 2.75) is 43.8 Å². The van der Waals surface area contributed by atoms with E-state index in [4.69, 9.17) is 0 Å². The summed E-state index contributed by atoms with van der Waals surface area (Å²) in [6, 6.07) is 0.561. The van der Waals surface area contributed by atoms with Crippen LogP contribution in [-0.4, -0.2) is 53.0 Å². The number of carbonyl (C=O) groups excluding carboxylic acids is 2. The summed E-state index contributed by atoms with van der Waals surface area (Å²) in [6.45, 7) is 1.87. The standard InChI is InChI=1S/C12H19N3O2S/c16-11(10-7-18-12(17)14-10)15(9-3-4-9)6-8-2-1-5-13-8/h8-10,13H,1-7H2,(H,14,17). The highest BCUT2D eigenvalue weighted by Crippen LogP contribution is 2.29. The Hall–Kier alpha value is -0.750. The van der Waals surface area contributed by atoms with E-state index in [0.717, 1.165) is 32.4 Å². The third kappa shape index (κ3) is 2.64. The molecule has 2 amide bonds. The molecule has 0 bridgehead atoms. The second kappa shape index (κ2) is 5.09. The fourth-order valence-corrected chi connectivity index (χ4v) is 3.44. The van der Waals surface area contributed by atoms with E-state index in [2.05, 4.69) is 10.6 Å². The maximum Gasteiger partial charge on any atom is 0.279 e. The van der Waals surface area contributed by atoms with Gasteiger partial charge in [0.25, 0.3) is 5.24 Å². The van der Waals surface area contributed by atoms with Gasteiger partial charge in [-0.25, -0.2) is 0 Å². The van der Waals surface area contributed by atoms with Gasteiger partial charge in [0, 0.05) is 24.4 Å².